The number of hydrogen-bond donors (Lipinski definition) is 1. The van der Waals surface area contributed by atoms with Gasteiger partial charge in [0.2, 0.25) is 0 Å². The van der Waals surface area contributed by atoms with Crippen LogP contribution in [0.4, 0.5) is 13.6 Å². The second-order valence-electron chi connectivity index (χ2n) is 6.31. The predicted octanol–water partition coefficient (Wildman–Crippen LogP) is 3.80. The average molecular weight is 386 g/mol. The van der Waals surface area contributed by atoms with E-state index in [2.05, 4.69) is 4.74 Å². The number of rotatable bonds is 7. The van der Waals surface area contributed by atoms with Crippen LogP contribution < -0.4 is 4.74 Å². The second kappa shape index (κ2) is 8.32. The van der Waals surface area contributed by atoms with E-state index in [0.717, 1.165) is 25.7 Å². The van der Waals surface area contributed by atoms with Crippen molar-refractivity contribution in [3.05, 3.63) is 29.8 Å². The molecule has 0 radical (unpaired) electrons. The first-order chi connectivity index (χ1) is 12.7. The van der Waals surface area contributed by atoms with E-state index in [4.69, 9.17) is 14.6 Å². The van der Waals surface area contributed by atoms with Gasteiger partial charge in [0.15, 0.2) is 6.61 Å². The van der Waals surface area contributed by atoms with Crippen LogP contribution in [0.15, 0.2) is 24.3 Å². The maximum atomic E-state index is 12.9. The third-order valence-electron chi connectivity index (χ3n) is 4.45. The molecule has 2 rings (SSSR count). The van der Waals surface area contributed by atoms with Gasteiger partial charge >= 0.3 is 24.0 Å². The van der Waals surface area contributed by atoms with E-state index in [0.29, 0.717) is 6.42 Å². The predicted molar refractivity (Wildman–Crippen MR) is 87.9 cm³/mol. The van der Waals surface area contributed by atoms with Gasteiger partial charge in [0, 0.05) is 0 Å². The van der Waals surface area contributed by atoms with E-state index in [1.54, 1.807) is 0 Å². The molecule has 1 aromatic rings. The summed E-state index contributed by atoms with van der Waals surface area (Å²) in [6.07, 6.45) is 3.37. The minimum absolute atomic E-state index is 0.0993. The third-order valence-corrected chi connectivity index (χ3v) is 4.45. The third kappa shape index (κ3) is 5.38. The summed E-state index contributed by atoms with van der Waals surface area (Å²) in [4.78, 5) is 33.9. The first-order valence-corrected chi connectivity index (χ1v) is 8.47. The smallest absolute Gasteiger partial charge is 0.477 e. The molecule has 0 aliphatic heterocycles. The highest BCUT2D eigenvalue weighted by Crippen LogP contribution is 2.36. The highest BCUT2D eigenvalue weighted by molar-refractivity contribution is 5.90. The minimum atomic E-state index is -4.17. The van der Waals surface area contributed by atoms with Crippen molar-refractivity contribution in [2.45, 2.75) is 50.6 Å². The standard InChI is InChI=1S/C18H20F2O7/c1-2-17(9-3-4-10-17)27-16(24)26-13-7-5-12(6-8-13)14(21)25-11-18(19,20)15(22)23/h5-8H,2-4,9-11H2,1H3,(H,22,23). The molecule has 1 fully saturated rings. The van der Waals surface area contributed by atoms with Crippen molar-refractivity contribution in [1.29, 1.82) is 0 Å². The molecular formula is C18H20F2O7. The molecule has 0 bridgehead atoms. The fourth-order valence-electron chi connectivity index (χ4n) is 2.80. The summed E-state index contributed by atoms with van der Waals surface area (Å²) in [5, 5.41) is 8.28. The molecule has 0 amide bonds. The number of hydrogen-bond acceptors (Lipinski definition) is 6. The molecule has 1 aliphatic rings. The Bertz CT molecular complexity index is 694. The molecule has 27 heavy (non-hydrogen) atoms. The lowest BCUT2D eigenvalue weighted by Crippen LogP contribution is -2.34. The SMILES string of the molecule is CCC1(OC(=O)Oc2ccc(C(=O)OCC(F)(F)C(=O)O)cc2)CCCC1. The van der Waals surface area contributed by atoms with Crippen LogP contribution in [0.3, 0.4) is 0 Å². The molecule has 1 aromatic carbocycles. The highest BCUT2D eigenvalue weighted by Gasteiger charge is 2.40. The monoisotopic (exact) mass is 386 g/mol. The molecule has 1 saturated carbocycles. The number of benzene rings is 1. The normalized spacial score (nSPS) is 15.8. The Morgan fingerprint density at radius 1 is 1.15 bits per heavy atom. The zero-order chi connectivity index (χ0) is 20.1. The van der Waals surface area contributed by atoms with Gasteiger partial charge in [-0.15, -0.1) is 0 Å². The summed E-state index contributed by atoms with van der Waals surface area (Å²) in [5.41, 5.74) is -0.603. The van der Waals surface area contributed by atoms with E-state index < -0.39 is 36.2 Å². The summed E-state index contributed by atoms with van der Waals surface area (Å²) in [5.74, 6) is -7.57. The zero-order valence-electron chi connectivity index (χ0n) is 14.7. The molecule has 0 unspecified atom stereocenters. The van der Waals surface area contributed by atoms with Crippen LogP contribution in [0.5, 0.6) is 5.75 Å². The minimum Gasteiger partial charge on any atom is -0.477 e. The Kier molecular flexibility index (Phi) is 6.35. The van der Waals surface area contributed by atoms with Gasteiger partial charge in [0.05, 0.1) is 5.56 Å². The topological polar surface area (TPSA) is 99.1 Å². The number of carboxylic acid groups (broad SMARTS) is 1. The van der Waals surface area contributed by atoms with Crippen LogP contribution in [0.25, 0.3) is 0 Å². The average Bonchev–Trinajstić information content (AvgIpc) is 3.09. The lowest BCUT2D eigenvalue weighted by molar-refractivity contribution is -0.170. The quantitative estimate of drug-likeness (QED) is 0.562. The molecule has 0 saturated heterocycles. The summed E-state index contributed by atoms with van der Waals surface area (Å²) in [6.45, 7) is 0.359. The fraction of sp³-hybridized carbons (Fsp3) is 0.500. The molecule has 9 heteroatoms. The number of halogens is 2. The van der Waals surface area contributed by atoms with Gasteiger partial charge in [-0.1, -0.05) is 6.92 Å². The van der Waals surface area contributed by atoms with Crippen LogP contribution in [0.2, 0.25) is 0 Å². The molecule has 1 aliphatic carbocycles. The zero-order valence-corrected chi connectivity index (χ0v) is 14.7. The van der Waals surface area contributed by atoms with Crippen LogP contribution in [-0.2, 0) is 14.3 Å². The maximum absolute atomic E-state index is 12.9. The number of ether oxygens (including phenoxy) is 3. The van der Waals surface area contributed by atoms with Gasteiger partial charge in [0.1, 0.15) is 11.4 Å². The van der Waals surface area contributed by atoms with Crippen molar-refractivity contribution >= 4 is 18.1 Å². The molecular weight excluding hydrogens is 366 g/mol. The van der Waals surface area contributed by atoms with Crippen molar-refractivity contribution in [3.8, 4) is 5.75 Å². The van der Waals surface area contributed by atoms with E-state index in [1.165, 1.54) is 24.3 Å². The Balaban J connectivity index is 1.90. The Hall–Kier alpha value is -2.71. The Morgan fingerprint density at radius 2 is 1.74 bits per heavy atom. The van der Waals surface area contributed by atoms with Gasteiger partial charge in [-0.2, -0.15) is 8.78 Å². The van der Waals surface area contributed by atoms with E-state index in [-0.39, 0.29) is 11.3 Å². The molecule has 0 atom stereocenters. The van der Waals surface area contributed by atoms with Crippen LogP contribution in [0, 0.1) is 0 Å². The van der Waals surface area contributed by atoms with Crippen LogP contribution >= 0.6 is 0 Å². The molecule has 0 aromatic heterocycles. The lowest BCUT2D eigenvalue weighted by atomic mass is 9.99. The van der Waals surface area contributed by atoms with Gasteiger partial charge in [0.25, 0.3) is 0 Å². The summed E-state index contributed by atoms with van der Waals surface area (Å²) in [7, 11) is 0. The van der Waals surface area contributed by atoms with Crippen molar-refractivity contribution < 1.29 is 42.5 Å². The van der Waals surface area contributed by atoms with Crippen LogP contribution in [0.1, 0.15) is 49.4 Å². The Morgan fingerprint density at radius 3 is 2.26 bits per heavy atom. The second-order valence-corrected chi connectivity index (χ2v) is 6.31. The van der Waals surface area contributed by atoms with Crippen molar-refractivity contribution in [2.24, 2.45) is 0 Å². The molecule has 148 valence electrons. The van der Waals surface area contributed by atoms with Gasteiger partial charge in [-0.3, -0.25) is 0 Å². The number of carbonyl (C=O) groups excluding carboxylic acids is 2. The number of carbonyl (C=O) groups is 3. The maximum Gasteiger partial charge on any atom is 0.514 e. The first-order valence-electron chi connectivity index (χ1n) is 8.47. The van der Waals surface area contributed by atoms with Crippen molar-refractivity contribution in [2.75, 3.05) is 6.61 Å². The first kappa shape index (κ1) is 20.6. The van der Waals surface area contributed by atoms with E-state index >= 15 is 0 Å². The van der Waals surface area contributed by atoms with Gasteiger partial charge in [-0.05, 0) is 56.4 Å². The number of carboxylic acids is 1. The van der Waals surface area contributed by atoms with E-state index in [9.17, 15) is 23.2 Å². The summed E-state index contributed by atoms with van der Waals surface area (Å²) in [6, 6.07) is 4.96. The largest absolute Gasteiger partial charge is 0.514 e. The number of alkyl halides is 2. The summed E-state index contributed by atoms with van der Waals surface area (Å²) >= 11 is 0. The highest BCUT2D eigenvalue weighted by atomic mass is 19.3. The lowest BCUT2D eigenvalue weighted by Gasteiger charge is -2.26. The van der Waals surface area contributed by atoms with Gasteiger partial charge < -0.3 is 19.3 Å². The number of esters is 1. The van der Waals surface area contributed by atoms with E-state index in [1.807, 2.05) is 6.92 Å². The fourth-order valence-corrected chi connectivity index (χ4v) is 2.80. The van der Waals surface area contributed by atoms with Crippen molar-refractivity contribution in [1.82, 2.24) is 0 Å². The Labute approximate surface area is 154 Å². The molecule has 0 heterocycles. The van der Waals surface area contributed by atoms with Crippen molar-refractivity contribution in [3.63, 3.8) is 0 Å². The van der Waals surface area contributed by atoms with Crippen LogP contribution in [-0.4, -0.2) is 41.3 Å². The molecule has 0 spiro atoms. The summed E-state index contributed by atoms with van der Waals surface area (Å²) < 4.78 is 40.6. The number of aliphatic carboxylic acids is 1. The molecule has 7 nitrogen and oxygen atoms in total. The molecule has 1 N–H and O–H groups in total. The van der Waals surface area contributed by atoms with Gasteiger partial charge in [-0.25, -0.2) is 14.4 Å².